The molecule has 3 nitrogen and oxygen atoms in total. The quantitative estimate of drug-likeness (QED) is 0.470. The predicted molar refractivity (Wildman–Crippen MR) is 99.2 cm³/mol. The smallest absolute Gasteiger partial charge is 0.469 e. The van der Waals surface area contributed by atoms with Crippen LogP contribution in [0, 0.1) is 18.8 Å². The molecule has 2 atom stereocenters. The van der Waals surface area contributed by atoms with Gasteiger partial charge in [0.05, 0.1) is 19.1 Å². The molecule has 141 valence electrons. The van der Waals surface area contributed by atoms with E-state index in [1.165, 1.54) is 71.3 Å². The van der Waals surface area contributed by atoms with Gasteiger partial charge < -0.3 is 17.3 Å². The Morgan fingerprint density at radius 1 is 0.875 bits per heavy atom. The third-order valence-corrected chi connectivity index (χ3v) is 4.43. The molecule has 1 N–H and O–H groups in total. The molecule has 4 heteroatoms. The van der Waals surface area contributed by atoms with Crippen LogP contribution in [0.3, 0.4) is 0 Å². The summed E-state index contributed by atoms with van der Waals surface area (Å²) in [5.41, 5.74) is -0.284. The third-order valence-electron chi connectivity index (χ3n) is 4.43. The average molecular weight is 421 g/mol. The Kier molecular flexibility index (Phi) is 20.3. The van der Waals surface area contributed by atoms with Crippen LogP contribution in [0.15, 0.2) is 0 Å². The van der Waals surface area contributed by atoms with Crippen molar-refractivity contribution in [3.8, 4) is 0 Å². The maximum atomic E-state index is 11.0. The van der Waals surface area contributed by atoms with Crippen LogP contribution in [-0.2, 0) is 35.7 Å². The van der Waals surface area contributed by atoms with Gasteiger partial charge in [-0.15, -0.1) is 0 Å². The first-order valence-electron chi connectivity index (χ1n) is 9.06. The molecule has 0 aromatic rings. The number of esters is 1. The van der Waals surface area contributed by atoms with Crippen LogP contribution in [0.25, 0.3) is 0 Å². The van der Waals surface area contributed by atoms with E-state index in [0.29, 0.717) is 0 Å². The van der Waals surface area contributed by atoms with Gasteiger partial charge in [0.25, 0.3) is 0 Å². The van der Waals surface area contributed by atoms with Gasteiger partial charge >= 0.3 is 32.2 Å². The van der Waals surface area contributed by atoms with Crippen molar-refractivity contribution in [3.05, 3.63) is 7.43 Å². The van der Waals surface area contributed by atoms with E-state index in [4.69, 9.17) is 0 Å². The molecule has 0 aromatic heterocycles. The molecule has 0 amide bonds. The molecule has 2 fully saturated rings. The van der Waals surface area contributed by atoms with Crippen LogP contribution in [-0.4, -0.2) is 24.3 Å². The normalized spacial score (nSPS) is 18.4. The van der Waals surface area contributed by atoms with Crippen molar-refractivity contribution < 1.29 is 40.8 Å². The average Bonchev–Trinajstić information content (AvgIpc) is 3.20. The van der Waals surface area contributed by atoms with E-state index < -0.39 is 12.0 Å². The second kappa shape index (κ2) is 16.8. The number of carbonyl (C=O) groups is 1. The molecule has 2 rings (SSSR count). The number of ether oxygens (including phenoxy) is 1. The Morgan fingerprint density at radius 2 is 1.12 bits per heavy atom. The summed E-state index contributed by atoms with van der Waals surface area (Å²) in [7, 11) is 1.33. The zero-order chi connectivity index (χ0) is 17.0. The molecule has 24 heavy (non-hydrogen) atoms. The predicted octanol–water partition coefficient (Wildman–Crippen LogP) is 5.55. The van der Waals surface area contributed by atoms with Crippen molar-refractivity contribution >= 4 is 5.97 Å². The minimum absolute atomic E-state index is 0. The van der Waals surface area contributed by atoms with Crippen LogP contribution in [0.1, 0.15) is 91.9 Å². The SMILES string of the molecule is C1CCCC1.C1CCCC1.COC(=O)[C@H](C)[C@H](O)C(C)(C)C.[CH3-].[Zr+3]. The van der Waals surface area contributed by atoms with Crippen LogP contribution < -0.4 is 0 Å². The molecule has 2 aliphatic carbocycles. The van der Waals surface area contributed by atoms with Crippen molar-refractivity contribution in [2.24, 2.45) is 11.3 Å². The van der Waals surface area contributed by atoms with Gasteiger partial charge in [-0.2, -0.15) is 0 Å². The number of methoxy groups -OCH3 is 1. The van der Waals surface area contributed by atoms with E-state index in [2.05, 4.69) is 4.74 Å². The van der Waals surface area contributed by atoms with Crippen molar-refractivity contribution in [1.29, 1.82) is 0 Å². The van der Waals surface area contributed by atoms with Gasteiger partial charge in [-0.25, -0.2) is 0 Å². The zero-order valence-electron chi connectivity index (χ0n) is 17.0. The van der Waals surface area contributed by atoms with E-state index >= 15 is 0 Å². The van der Waals surface area contributed by atoms with E-state index in [-0.39, 0.29) is 45.0 Å². The molecule has 1 radical (unpaired) electrons. The molecule has 0 bridgehead atoms. The summed E-state index contributed by atoms with van der Waals surface area (Å²) in [6.45, 7) is 7.33. The summed E-state index contributed by atoms with van der Waals surface area (Å²) >= 11 is 0. The van der Waals surface area contributed by atoms with Gasteiger partial charge in [0.15, 0.2) is 0 Å². The fourth-order valence-corrected chi connectivity index (χ4v) is 2.83. The molecule has 0 saturated heterocycles. The molecule has 0 aromatic carbocycles. The Morgan fingerprint density at radius 3 is 1.29 bits per heavy atom. The van der Waals surface area contributed by atoms with Crippen molar-refractivity contribution in [2.45, 2.75) is 98.0 Å². The number of aliphatic hydroxyl groups is 1. The number of hydrogen-bond donors (Lipinski definition) is 1. The Balaban J connectivity index is -0.000000303. The van der Waals surface area contributed by atoms with E-state index in [1.54, 1.807) is 6.92 Å². The van der Waals surface area contributed by atoms with Gasteiger partial charge in [0.2, 0.25) is 0 Å². The van der Waals surface area contributed by atoms with Gasteiger partial charge in [-0.05, 0) is 12.3 Å². The third kappa shape index (κ3) is 14.6. The monoisotopic (exact) mass is 419 g/mol. The van der Waals surface area contributed by atoms with Crippen LogP contribution >= 0.6 is 0 Å². The molecule has 0 aliphatic heterocycles. The zero-order valence-corrected chi connectivity index (χ0v) is 19.4. The first kappa shape index (κ1) is 29.1. The molecular weight excluding hydrogens is 379 g/mol. The molecule has 2 saturated carbocycles. The minimum atomic E-state index is -0.662. The number of aliphatic hydroxyl groups excluding tert-OH is 1. The number of hydrogen-bond acceptors (Lipinski definition) is 3. The van der Waals surface area contributed by atoms with Crippen LogP contribution in [0.5, 0.6) is 0 Å². The Hall–Kier alpha value is 0.313. The van der Waals surface area contributed by atoms with Crippen molar-refractivity contribution in [1.82, 2.24) is 0 Å². The first-order chi connectivity index (χ1) is 10.3. The fraction of sp³-hybridized carbons (Fsp3) is 0.900. The van der Waals surface area contributed by atoms with Gasteiger partial charge in [0, 0.05) is 0 Å². The summed E-state index contributed by atoms with van der Waals surface area (Å²) in [5, 5.41) is 9.65. The Labute approximate surface area is 170 Å². The summed E-state index contributed by atoms with van der Waals surface area (Å²) in [6.07, 6.45) is 14.3. The first-order valence-corrected chi connectivity index (χ1v) is 9.06. The standard InChI is InChI=1S/C9H18O3.2C5H10.CH3.Zr/c1-6(8(11)12-5)7(10)9(2,3)4;2*1-2-4-5-3-1;;/h6-7,10H,1-5H3;2*1-5H2;1H3;/q;;;-1;+3/t6-,7+;;;;/m1..../s1. The molecule has 2 aliphatic rings. The summed E-state index contributed by atoms with van der Waals surface area (Å²) in [4.78, 5) is 11.0. The van der Waals surface area contributed by atoms with Gasteiger partial charge in [-0.3, -0.25) is 4.79 Å². The van der Waals surface area contributed by atoms with E-state index in [9.17, 15) is 9.90 Å². The Bertz CT molecular complexity index is 254. The molecule has 0 unspecified atom stereocenters. The molecule has 0 heterocycles. The maximum Gasteiger partial charge on any atom is 3.00 e. The molecular formula is C20H41O3Zr+2. The van der Waals surface area contributed by atoms with Gasteiger partial charge in [0.1, 0.15) is 0 Å². The number of carbonyl (C=O) groups excluding carboxylic acids is 1. The van der Waals surface area contributed by atoms with E-state index in [0.717, 1.165) is 0 Å². The summed E-state index contributed by atoms with van der Waals surface area (Å²) in [5.74, 6) is -0.826. The second-order valence-electron chi connectivity index (χ2n) is 7.66. The summed E-state index contributed by atoms with van der Waals surface area (Å²) in [6, 6.07) is 0. The number of rotatable bonds is 2. The largest absolute Gasteiger partial charge is 3.00 e. The van der Waals surface area contributed by atoms with Crippen LogP contribution in [0.2, 0.25) is 0 Å². The van der Waals surface area contributed by atoms with Crippen LogP contribution in [0.4, 0.5) is 0 Å². The summed E-state index contributed by atoms with van der Waals surface area (Å²) < 4.78 is 4.53. The van der Waals surface area contributed by atoms with Gasteiger partial charge in [-0.1, -0.05) is 85.0 Å². The minimum Gasteiger partial charge on any atom is -0.469 e. The maximum absolute atomic E-state index is 11.0. The van der Waals surface area contributed by atoms with Crippen molar-refractivity contribution in [2.75, 3.05) is 7.11 Å². The fourth-order valence-electron chi connectivity index (χ4n) is 2.83. The second-order valence-corrected chi connectivity index (χ2v) is 7.66. The molecule has 0 spiro atoms. The topological polar surface area (TPSA) is 46.5 Å². The van der Waals surface area contributed by atoms with E-state index in [1.807, 2.05) is 20.8 Å². The van der Waals surface area contributed by atoms with Crippen molar-refractivity contribution in [3.63, 3.8) is 0 Å².